The lowest BCUT2D eigenvalue weighted by Gasteiger charge is -2.26. The van der Waals surface area contributed by atoms with Crippen molar-refractivity contribution in [2.24, 2.45) is 0 Å². The van der Waals surface area contributed by atoms with E-state index in [1.54, 1.807) is 27.7 Å². The minimum Gasteiger partial charge on any atom is -0.598 e. The quantitative estimate of drug-likeness (QED) is 0.644. The maximum absolute atomic E-state index is 14.4. The highest BCUT2D eigenvalue weighted by Crippen LogP contribution is 2.31. The Labute approximate surface area is 146 Å². The minimum absolute atomic E-state index is 0.252. The summed E-state index contributed by atoms with van der Waals surface area (Å²) in [5.74, 6) is -2.02. The number of halogens is 4. The molecule has 0 spiro atoms. The molecule has 1 N–H and O–H groups in total. The molecule has 4 nitrogen and oxygen atoms in total. The summed E-state index contributed by atoms with van der Waals surface area (Å²) < 4.78 is 68.3. The van der Waals surface area contributed by atoms with Crippen LogP contribution in [0.25, 0.3) is 5.69 Å². The van der Waals surface area contributed by atoms with Crippen LogP contribution in [-0.4, -0.2) is 18.9 Å². The standard InChI is InChI=1S/C16H19F4N3OS/c1-10(22-25(24)15(2,3)4)11-5-6-13(12(17)9-11)23-8-7-21-14(23)16(18,19)20/h5-10,22H,1-4H3/t10-,25?/m1/s1. The molecule has 0 aliphatic heterocycles. The molecule has 25 heavy (non-hydrogen) atoms. The number of benzene rings is 1. The number of aromatic nitrogens is 2. The van der Waals surface area contributed by atoms with E-state index in [2.05, 4.69) is 9.71 Å². The molecule has 0 fully saturated rings. The smallest absolute Gasteiger partial charge is 0.450 e. The molecule has 0 aliphatic carbocycles. The van der Waals surface area contributed by atoms with Crippen LogP contribution in [0, 0.1) is 5.82 Å². The van der Waals surface area contributed by atoms with Crippen LogP contribution in [0.3, 0.4) is 0 Å². The molecule has 0 amide bonds. The summed E-state index contributed by atoms with van der Waals surface area (Å²) in [7, 11) is 0. The lowest BCUT2D eigenvalue weighted by Crippen LogP contribution is -2.40. The Morgan fingerprint density at radius 1 is 1.24 bits per heavy atom. The number of nitrogens with one attached hydrogen (secondary N) is 1. The van der Waals surface area contributed by atoms with Crippen LogP contribution in [-0.2, 0) is 17.5 Å². The monoisotopic (exact) mass is 377 g/mol. The van der Waals surface area contributed by atoms with Gasteiger partial charge < -0.3 is 4.55 Å². The highest BCUT2D eigenvalue weighted by atomic mass is 32.2. The normalized spacial score (nSPS) is 15.2. The van der Waals surface area contributed by atoms with Gasteiger partial charge in [-0.1, -0.05) is 6.07 Å². The summed E-state index contributed by atoms with van der Waals surface area (Å²) in [6.45, 7) is 7.09. The molecule has 2 atom stereocenters. The fraction of sp³-hybridized carbons (Fsp3) is 0.438. The zero-order valence-electron chi connectivity index (χ0n) is 14.2. The largest absolute Gasteiger partial charge is 0.598 e. The van der Waals surface area contributed by atoms with Gasteiger partial charge >= 0.3 is 6.18 Å². The Balaban J connectivity index is 2.29. The van der Waals surface area contributed by atoms with E-state index >= 15 is 0 Å². The predicted molar refractivity (Wildman–Crippen MR) is 88.0 cm³/mol. The van der Waals surface area contributed by atoms with Crippen LogP contribution in [0.5, 0.6) is 0 Å². The Morgan fingerprint density at radius 2 is 1.88 bits per heavy atom. The number of hydrogen-bond acceptors (Lipinski definition) is 3. The van der Waals surface area contributed by atoms with E-state index in [4.69, 9.17) is 0 Å². The third-order valence-corrected chi connectivity index (χ3v) is 5.15. The van der Waals surface area contributed by atoms with Gasteiger partial charge in [-0.05, 0) is 45.4 Å². The molecule has 1 heterocycles. The molecule has 1 aromatic carbocycles. The fourth-order valence-electron chi connectivity index (χ4n) is 2.10. The van der Waals surface area contributed by atoms with Crippen molar-refractivity contribution in [3.8, 4) is 5.69 Å². The van der Waals surface area contributed by atoms with Crippen molar-refractivity contribution < 1.29 is 22.1 Å². The summed E-state index contributed by atoms with van der Waals surface area (Å²) in [5, 5.41) is 0. The zero-order chi connectivity index (χ0) is 19.0. The molecule has 1 unspecified atom stereocenters. The lowest BCUT2D eigenvalue weighted by atomic mass is 10.1. The number of hydrogen-bond donors (Lipinski definition) is 1. The lowest BCUT2D eigenvalue weighted by molar-refractivity contribution is -0.145. The van der Waals surface area contributed by atoms with Crippen LogP contribution in [0.2, 0.25) is 0 Å². The van der Waals surface area contributed by atoms with Gasteiger partial charge in [-0.3, -0.25) is 4.57 Å². The third kappa shape index (κ3) is 4.53. The Kier molecular flexibility index (Phi) is 5.50. The van der Waals surface area contributed by atoms with Crippen molar-refractivity contribution in [3.63, 3.8) is 0 Å². The molecule has 0 saturated carbocycles. The van der Waals surface area contributed by atoms with Gasteiger partial charge in [-0.15, -0.1) is 4.72 Å². The number of alkyl halides is 3. The molecule has 0 saturated heterocycles. The molecular weight excluding hydrogens is 358 g/mol. The van der Waals surface area contributed by atoms with Crippen molar-refractivity contribution in [2.75, 3.05) is 0 Å². The van der Waals surface area contributed by atoms with Gasteiger partial charge in [0, 0.05) is 23.8 Å². The van der Waals surface area contributed by atoms with Crippen LogP contribution < -0.4 is 4.72 Å². The SMILES string of the molecule is C[C@@H](N[S+]([O-])C(C)(C)C)c1ccc(-n2ccnc2C(F)(F)F)c(F)c1. The Bertz CT molecular complexity index is 740. The second-order valence-electron chi connectivity index (χ2n) is 6.55. The van der Waals surface area contributed by atoms with E-state index in [-0.39, 0.29) is 5.69 Å². The van der Waals surface area contributed by atoms with Crippen molar-refractivity contribution >= 4 is 11.4 Å². The maximum atomic E-state index is 14.4. The average Bonchev–Trinajstić information content (AvgIpc) is 2.95. The first-order valence-electron chi connectivity index (χ1n) is 7.49. The van der Waals surface area contributed by atoms with Crippen molar-refractivity contribution in [2.45, 2.75) is 44.7 Å². The van der Waals surface area contributed by atoms with Crippen molar-refractivity contribution in [1.29, 1.82) is 0 Å². The first-order chi connectivity index (χ1) is 11.4. The maximum Gasteiger partial charge on any atom is 0.450 e. The second kappa shape index (κ2) is 6.97. The Morgan fingerprint density at radius 3 is 2.40 bits per heavy atom. The molecule has 9 heteroatoms. The first-order valence-corrected chi connectivity index (χ1v) is 8.64. The molecule has 0 bridgehead atoms. The molecule has 0 radical (unpaired) electrons. The van der Waals surface area contributed by atoms with Crippen molar-refractivity contribution in [1.82, 2.24) is 14.3 Å². The molecule has 0 aliphatic rings. The van der Waals surface area contributed by atoms with E-state index in [1.807, 2.05) is 0 Å². The van der Waals surface area contributed by atoms with Crippen LogP contribution >= 0.6 is 0 Å². The number of imidazole rings is 1. The van der Waals surface area contributed by atoms with Gasteiger partial charge in [0.1, 0.15) is 10.6 Å². The van der Waals surface area contributed by atoms with E-state index in [9.17, 15) is 22.1 Å². The van der Waals surface area contributed by atoms with E-state index in [0.717, 1.165) is 18.5 Å². The third-order valence-electron chi connectivity index (χ3n) is 3.47. The number of nitrogens with zero attached hydrogens (tertiary/aromatic N) is 2. The van der Waals surface area contributed by atoms with E-state index in [1.165, 1.54) is 12.1 Å². The van der Waals surface area contributed by atoms with Crippen LogP contribution in [0.4, 0.5) is 17.6 Å². The minimum atomic E-state index is -4.69. The topological polar surface area (TPSA) is 52.9 Å². The molecule has 2 aromatic rings. The van der Waals surface area contributed by atoms with Gasteiger partial charge in [0.15, 0.2) is 0 Å². The fourth-order valence-corrected chi connectivity index (χ4v) is 2.91. The highest BCUT2D eigenvalue weighted by Gasteiger charge is 2.37. The first kappa shape index (κ1) is 19.7. The zero-order valence-corrected chi connectivity index (χ0v) is 15.0. The summed E-state index contributed by atoms with van der Waals surface area (Å²) in [6.07, 6.45) is -2.67. The predicted octanol–water partition coefficient (Wildman–Crippen LogP) is 4.14. The van der Waals surface area contributed by atoms with Crippen molar-refractivity contribution in [3.05, 3.63) is 47.8 Å². The van der Waals surface area contributed by atoms with Gasteiger partial charge in [0.25, 0.3) is 0 Å². The molecular formula is C16H19F4N3OS. The van der Waals surface area contributed by atoms with Gasteiger partial charge in [-0.25, -0.2) is 9.37 Å². The Hall–Kier alpha value is -1.58. The molecule has 138 valence electrons. The molecule has 2 rings (SSSR count). The molecule has 1 aromatic heterocycles. The summed E-state index contributed by atoms with van der Waals surface area (Å²) in [4.78, 5) is 3.25. The second-order valence-corrected chi connectivity index (χ2v) is 8.55. The highest BCUT2D eigenvalue weighted by molar-refractivity contribution is 7.90. The van der Waals surface area contributed by atoms with Gasteiger partial charge in [-0.2, -0.15) is 13.2 Å². The van der Waals surface area contributed by atoms with Crippen LogP contribution in [0.1, 0.15) is 45.1 Å². The van der Waals surface area contributed by atoms with E-state index < -0.39 is 40.0 Å². The number of rotatable bonds is 4. The van der Waals surface area contributed by atoms with E-state index in [0.29, 0.717) is 10.1 Å². The summed E-state index contributed by atoms with van der Waals surface area (Å²) in [6, 6.07) is 3.44. The van der Waals surface area contributed by atoms with Crippen LogP contribution in [0.15, 0.2) is 30.6 Å². The van der Waals surface area contributed by atoms with Gasteiger partial charge in [0.05, 0.1) is 11.7 Å². The summed E-state index contributed by atoms with van der Waals surface area (Å²) in [5.41, 5.74) is 0.227. The summed E-state index contributed by atoms with van der Waals surface area (Å²) >= 11 is -1.36. The average molecular weight is 377 g/mol. The van der Waals surface area contributed by atoms with Gasteiger partial charge in [0.2, 0.25) is 5.82 Å².